The van der Waals surface area contributed by atoms with E-state index in [9.17, 15) is 28.7 Å². The lowest BCUT2D eigenvalue weighted by Gasteiger charge is -2.47. The van der Waals surface area contributed by atoms with E-state index in [4.69, 9.17) is 0 Å². The van der Waals surface area contributed by atoms with Gasteiger partial charge >= 0.3 is 0 Å². The number of nitrogens with zero attached hydrogens (tertiary/aromatic N) is 5. The minimum Gasteiger partial charge on any atom is -0.501 e. The van der Waals surface area contributed by atoms with E-state index in [1.807, 2.05) is 0 Å². The summed E-state index contributed by atoms with van der Waals surface area (Å²) in [6, 6.07) is 4.52. The first-order chi connectivity index (χ1) is 21.1. The number of carbonyl (C=O) groups excluding carboxylic acids is 3. The molecule has 11 nitrogen and oxygen atoms in total. The number of hydrogen-bond acceptors (Lipinski definition) is 7. The first-order valence-corrected chi connectivity index (χ1v) is 15.5. The van der Waals surface area contributed by atoms with Crippen LogP contribution in [0, 0.1) is 18.2 Å². The summed E-state index contributed by atoms with van der Waals surface area (Å²) in [6.07, 6.45) is 5.83. The van der Waals surface area contributed by atoms with Crippen molar-refractivity contribution in [1.82, 2.24) is 29.6 Å². The Balaban J connectivity index is 0.000000700. The topological polar surface area (TPSA) is 128 Å². The van der Waals surface area contributed by atoms with E-state index < -0.39 is 22.8 Å². The van der Waals surface area contributed by atoms with Gasteiger partial charge in [0.05, 0.1) is 0 Å². The molecule has 1 saturated carbocycles. The molecular weight excluding hydrogens is 579 g/mol. The second-order valence-electron chi connectivity index (χ2n) is 13.8. The van der Waals surface area contributed by atoms with E-state index >= 15 is 0 Å². The molecule has 1 aromatic heterocycles. The molecule has 1 saturated heterocycles. The minimum atomic E-state index is -0.849. The van der Waals surface area contributed by atoms with Gasteiger partial charge in [0.1, 0.15) is 17.2 Å². The molecule has 0 radical (unpaired) electrons. The second kappa shape index (κ2) is 12.9. The fourth-order valence-electron chi connectivity index (χ4n) is 6.88. The van der Waals surface area contributed by atoms with Gasteiger partial charge in [-0.25, -0.2) is 9.37 Å². The van der Waals surface area contributed by atoms with Gasteiger partial charge in [-0.05, 0) is 83.0 Å². The van der Waals surface area contributed by atoms with Gasteiger partial charge in [-0.2, -0.15) is 0 Å². The summed E-state index contributed by atoms with van der Waals surface area (Å²) < 4.78 is 15.1. The van der Waals surface area contributed by atoms with Gasteiger partial charge in [-0.15, -0.1) is 0 Å². The van der Waals surface area contributed by atoms with Gasteiger partial charge in [0, 0.05) is 58.7 Å². The Morgan fingerprint density at radius 2 is 1.78 bits per heavy atom. The van der Waals surface area contributed by atoms with Crippen molar-refractivity contribution in [3.05, 3.63) is 57.0 Å². The quantitative estimate of drug-likeness (QED) is 0.452. The standard InChI is InChI=1S/C29H38FN5O4.C4H9NO/c1-19-14-20(6-7-21(19)30)15-31-24(38)22-23(37)25(39)35-17-28(16-34-13-5-8-27(34,2)3)9-11-29(12-10-28,26(35)32-22)33(4)18-36;1-4(6)5(2)3/h6-7,14,18,37H,5,8-13,15-17H2,1-4H3,(H,31,38);1-3H3. The van der Waals surface area contributed by atoms with E-state index in [1.54, 1.807) is 45.1 Å². The van der Waals surface area contributed by atoms with Crippen molar-refractivity contribution in [3.63, 3.8) is 0 Å². The van der Waals surface area contributed by atoms with Gasteiger partial charge in [-0.3, -0.25) is 28.6 Å². The van der Waals surface area contributed by atoms with Gasteiger partial charge in [0.15, 0.2) is 5.69 Å². The van der Waals surface area contributed by atoms with Gasteiger partial charge in [0.25, 0.3) is 11.5 Å². The Kier molecular flexibility index (Phi) is 9.77. The van der Waals surface area contributed by atoms with Crippen molar-refractivity contribution >= 4 is 18.2 Å². The van der Waals surface area contributed by atoms with Crippen LogP contribution < -0.4 is 10.9 Å². The molecule has 2 bridgehead atoms. The lowest BCUT2D eigenvalue weighted by molar-refractivity contribution is -0.126. The number of benzene rings is 1. The van der Waals surface area contributed by atoms with Crippen LogP contribution >= 0.6 is 0 Å². The molecule has 1 aliphatic carbocycles. The largest absolute Gasteiger partial charge is 0.501 e. The maximum absolute atomic E-state index is 13.7. The van der Waals surface area contributed by atoms with Crippen LogP contribution in [0.2, 0.25) is 0 Å². The molecule has 2 aromatic rings. The lowest BCUT2D eigenvalue weighted by atomic mass is 9.67. The van der Waals surface area contributed by atoms with Crippen molar-refractivity contribution in [3.8, 4) is 5.75 Å². The van der Waals surface area contributed by atoms with Crippen molar-refractivity contribution < 1.29 is 23.9 Å². The molecule has 0 atom stereocenters. The zero-order chi connectivity index (χ0) is 33.3. The zero-order valence-electron chi connectivity index (χ0n) is 27.6. The van der Waals surface area contributed by atoms with Crippen LogP contribution in [0.4, 0.5) is 4.39 Å². The number of halogens is 1. The summed E-state index contributed by atoms with van der Waals surface area (Å²) in [5, 5.41) is 13.6. The maximum Gasteiger partial charge on any atom is 0.296 e. The molecule has 246 valence electrons. The van der Waals surface area contributed by atoms with Crippen molar-refractivity contribution in [1.29, 1.82) is 0 Å². The van der Waals surface area contributed by atoms with Crippen molar-refractivity contribution in [2.45, 2.75) is 90.4 Å². The molecule has 6 rings (SSSR count). The molecule has 12 heteroatoms. The Hall–Kier alpha value is -3.80. The summed E-state index contributed by atoms with van der Waals surface area (Å²) in [5.74, 6) is -1.30. The predicted octanol–water partition coefficient (Wildman–Crippen LogP) is 3.15. The fraction of sp³-hybridized carbons (Fsp3) is 0.606. The Labute approximate surface area is 264 Å². The number of aromatic hydroxyl groups is 1. The van der Waals surface area contributed by atoms with E-state index in [1.165, 1.54) is 22.5 Å². The Bertz CT molecular complexity index is 1510. The Morgan fingerprint density at radius 1 is 1.13 bits per heavy atom. The third-order valence-corrected chi connectivity index (χ3v) is 10.1. The zero-order valence-corrected chi connectivity index (χ0v) is 27.6. The lowest BCUT2D eigenvalue weighted by Crippen LogP contribution is -2.51. The highest BCUT2D eigenvalue weighted by Crippen LogP contribution is 2.52. The van der Waals surface area contributed by atoms with E-state index in [0.717, 1.165) is 45.2 Å². The SMILES string of the molecule is CC(=O)N(C)C.Cc1cc(CNC(=O)c2nc3n(c(=O)c2O)CC2(CN4CCCC4(C)C)CCC3(N(C)C=O)CC2)ccc1F. The molecule has 2 fully saturated rings. The monoisotopic (exact) mass is 626 g/mol. The van der Waals surface area contributed by atoms with Gasteiger partial charge in [-0.1, -0.05) is 12.1 Å². The summed E-state index contributed by atoms with van der Waals surface area (Å²) in [4.78, 5) is 59.2. The molecule has 45 heavy (non-hydrogen) atoms. The van der Waals surface area contributed by atoms with Crippen LogP contribution in [0.1, 0.15) is 86.7 Å². The summed E-state index contributed by atoms with van der Waals surface area (Å²) >= 11 is 0. The second-order valence-corrected chi connectivity index (χ2v) is 13.8. The third-order valence-electron chi connectivity index (χ3n) is 10.1. The Morgan fingerprint density at radius 3 is 2.31 bits per heavy atom. The van der Waals surface area contributed by atoms with E-state index in [0.29, 0.717) is 36.3 Å². The fourth-order valence-corrected chi connectivity index (χ4v) is 6.88. The van der Waals surface area contributed by atoms with Crippen LogP contribution in [0.15, 0.2) is 23.0 Å². The number of aryl methyl sites for hydroxylation is 1. The smallest absolute Gasteiger partial charge is 0.296 e. The average molecular weight is 627 g/mol. The van der Waals surface area contributed by atoms with E-state index in [-0.39, 0.29) is 34.9 Å². The number of amides is 3. The molecule has 1 aromatic carbocycles. The molecule has 3 amide bonds. The predicted molar refractivity (Wildman–Crippen MR) is 168 cm³/mol. The molecule has 4 heterocycles. The molecule has 0 unspecified atom stereocenters. The van der Waals surface area contributed by atoms with Crippen molar-refractivity contribution in [2.24, 2.45) is 5.41 Å². The molecule has 4 aliphatic rings. The van der Waals surface area contributed by atoms with Gasteiger partial charge < -0.3 is 20.2 Å². The summed E-state index contributed by atoms with van der Waals surface area (Å²) in [5.41, 5.74) is -0.874. The first kappa shape index (κ1) is 34.1. The number of hydrogen-bond donors (Lipinski definition) is 2. The highest BCUT2D eigenvalue weighted by atomic mass is 19.1. The van der Waals surface area contributed by atoms with Crippen LogP contribution in [0.5, 0.6) is 5.75 Å². The van der Waals surface area contributed by atoms with Crippen LogP contribution in [-0.2, 0) is 28.2 Å². The van der Waals surface area contributed by atoms with E-state index in [2.05, 4.69) is 29.0 Å². The first-order valence-electron chi connectivity index (χ1n) is 15.5. The third kappa shape index (κ3) is 6.75. The van der Waals surface area contributed by atoms with Crippen molar-refractivity contribution in [2.75, 3.05) is 34.2 Å². The normalized spacial score (nSPS) is 23.3. The summed E-state index contributed by atoms with van der Waals surface area (Å²) in [6.45, 7) is 9.96. The maximum atomic E-state index is 13.7. The van der Waals surface area contributed by atoms with Gasteiger partial charge in [0.2, 0.25) is 18.1 Å². The molecule has 2 N–H and O–H groups in total. The number of aromatic nitrogens is 2. The average Bonchev–Trinajstić information content (AvgIpc) is 3.17. The number of carbonyl (C=O) groups is 3. The highest BCUT2D eigenvalue weighted by molar-refractivity contribution is 5.94. The van der Waals surface area contributed by atoms with Crippen LogP contribution in [0.25, 0.3) is 0 Å². The molecule has 3 aliphatic heterocycles. The number of fused-ring (bicyclic) bond motifs is 2. The van der Waals surface area contributed by atoms with Crippen LogP contribution in [-0.4, -0.2) is 87.4 Å². The molecule has 0 spiro atoms. The minimum absolute atomic E-state index is 0.0770. The number of nitrogens with one attached hydrogen (secondary N) is 1. The number of rotatable bonds is 7. The number of likely N-dealkylation sites (tertiary alicyclic amines) is 1. The highest BCUT2D eigenvalue weighted by Gasteiger charge is 2.54. The molecular formula is C33H47FN6O5. The summed E-state index contributed by atoms with van der Waals surface area (Å²) in [7, 11) is 5.14. The van der Waals surface area contributed by atoms with Crippen LogP contribution in [0.3, 0.4) is 0 Å².